The van der Waals surface area contributed by atoms with E-state index in [1.54, 1.807) is 5.56 Å². The van der Waals surface area contributed by atoms with Gasteiger partial charge in [-0.05, 0) is 55.1 Å². The fourth-order valence-corrected chi connectivity index (χ4v) is 5.77. The Kier molecular flexibility index (Phi) is 3.83. The number of nitrogens with zero attached hydrogens (tertiary/aromatic N) is 2. The second kappa shape index (κ2) is 6.19. The second-order valence-electron chi connectivity index (χ2n) is 7.48. The Morgan fingerprint density at radius 3 is 3.08 bits per heavy atom. The van der Waals surface area contributed by atoms with E-state index in [0.29, 0.717) is 17.9 Å². The van der Waals surface area contributed by atoms with Gasteiger partial charge in [-0.1, -0.05) is 18.2 Å². The van der Waals surface area contributed by atoms with E-state index in [2.05, 4.69) is 58.4 Å². The van der Waals surface area contributed by atoms with Crippen LogP contribution in [-0.4, -0.2) is 40.3 Å². The molecule has 0 radical (unpaired) electrons. The van der Waals surface area contributed by atoms with E-state index in [9.17, 15) is 0 Å². The van der Waals surface area contributed by atoms with Crippen molar-refractivity contribution in [2.24, 2.45) is 5.92 Å². The Labute approximate surface area is 152 Å². The Morgan fingerprint density at radius 1 is 1.24 bits per heavy atom. The topological polar surface area (TPSA) is 31.9 Å². The molecule has 0 spiro atoms. The number of thioether (sulfide) groups is 1. The van der Waals surface area contributed by atoms with Crippen molar-refractivity contribution in [3.63, 3.8) is 0 Å². The second-order valence-corrected chi connectivity index (χ2v) is 8.52. The number of likely N-dealkylation sites (tertiary alicyclic amines) is 1. The van der Waals surface area contributed by atoms with E-state index in [0.717, 1.165) is 10.8 Å². The standard InChI is InChI=1S/C21H23N3S/c1-24-12-14(13-25-20-7-2-3-8-22-20)9-17-16-5-4-6-18-21(16)15(11-23-18)10-19(17)24/h2-8,11,14,17,19,23H,9-10,12-13H2,1H3/t14-,17-,19-/m1/s1. The molecule has 1 aromatic carbocycles. The lowest BCUT2D eigenvalue weighted by molar-refractivity contribution is 0.121. The Bertz CT molecular complexity index is 889. The first-order chi connectivity index (χ1) is 12.3. The number of piperidine rings is 1. The molecule has 0 amide bonds. The summed E-state index contributed by atoms with van der Waals surface area (Å²) in [6.45, 7) is 1.19. The normalized spacial score (nSPS) is 25.9. The number of pyridine rings is 1. The summed E-state index contributed by atoms with van der Waals surface area (Å²) in [6, 6.07) is 13.6. The van der Waals surface area contributed by atoms with Crippen LogP contribution in [0, 0.1) is 5.92 Å². The van der Waals surface area contributed by atoms with Gasteiger partial charge in [-0.25, -0.2) is 4.98 Å². The van der Waals surface area contributed by atoms with E-state index >= 15 is 0 Å². The van der Waals surface area contributed by atoms with E-state index in [4.69, 9.17) is 0 Å². The molecule has 1 saturated heterocycles. The highest BCUT2D eigenvalue weighted by Gasteiger charge is 2.39. The van der Waals surface area contributed by atoms with Crippen molar-refractivity contribution >= 4 is 22.7 Å². The number of hydrogen-bond donors (Lipinski definition) is 1. The average Bonchev–Trinajstić information content (AvgIpc) is 3.06. The fourth-order valence-electron chi connectivity index (χ4n) is 4.81. The lowest BCUT2D eigenvalue weighted by atomic mass is 9.73. The molecular weight excluding hydrogens is 326 g/mol. The van der Waals surface area contributed by atoms with Crippen LogP contribution in [0.4, 0.5) is 0 Å². The third kappa shape index (κ3) is 2.68. The zero-order chi connectivity index (χ0) is 16.8. The summed E-state index contributed by atoms with van der Waals surface area (Å²) in [5, 5.41) is 2.64. The van der Waals surface area contributed by atoms with Gasteiger partial charge in [0.25, 0.3) is 0 Å². The highest BCUT2D eigenvalue weighted by Crippen LogP contribution is 2.44. The maximum Gasteiger partial charge on any atom is 0.0959 e. The number of fused-ring (bicyclic) bond motifs is 2. The highest BCUT2D eigenvalue weighted by atomic mass is 32.2. The monoisotopic (exact) mass is 349 g/mol. The van der Waals surface area contributed by atoms with Crippen LogP contribution in [0.15, 0.2) is 53.8 Å². The minimum Gasteiger partial charge on any atom is -0.361 e. The fraction of sp³-hybridized carbons (Fsp3) is 0.381. The van der Waals surface area contributed by atoms with Crippen molar-refractivity contribution in [1.29, 1.82) is 0 Å². The minimum absolute atomic E-state index is 0.644. The first-order valence-corrected chi connectivity index (χ1v) is 10.1. The number of H-pyrrole nitrogens is 1. The highest BCUT2D eigenvalue weighted by molar-refractivity contribution is 7.99. The Hall–Kier alpha value is -1.78. The van der Waals surface area contributed by atoms with Gasteiger partial charge >= 0.3 is 0 Å². The molecule has 0 bridgehead atoms. The summed E-state index contributed by atoms with van der Waals surface area (Å²) < 4.78 is 0. The van der Waals surface area contributed by atoms with Crippen LogP contribution in [-0.2, 0) is 6.42 Å². The third-order valence-electron chi connectivity index (χ3n) is 5.92. The van der Waals surface area contributed by atoms with Crippen molar-refractivity contribution in [2.75, 3.05) is 19.3 Å². The zero-order valence-corrected chi connectivity index (χ0v) is 15.3. The first kappa shape index (κ1) is 15.5. The van der Waals surface area contributed by atoms with E-state index < -0.39 is 0 Å². The van der Waals surface area contributed by atoms with Gasteiger partial charge in [0.05, 0.1) is 5.03 Å². The molecule has 3 heterocycles. The molecule has 3 atom stereocenters. The summed E-state index contributed by atoms with van der Waals surface area (Å²) in [4.78, 5) is 10.5. The molecule has 2 aliphatic rings. The summed E-state index contributed by atoms with van der Waals surface area (Å²) >= 11 is 1.90. The molecule has 1 aliphatic heterocycles. The van der Waals surface area contributed by atoms with Gasteiger partial charge < -0.3 is 9.88 Å². The van der Waals surface area contributed by atoms with Crippen LogP contribution in [0.2, 0.25) is 0 Å². The zero-order valence-electron chi connectivity index (χ0n) is 14.5. The molecule has 1 fully saturated rings. The van der Waals surface area contributed by atoms with Crippen LogP contribution in [0.5, 0.6) is 0 Å². The smallest absolute Gasteiger partial charge is 0.0959 e. The summed E-state index contributed by atoms with van der Waals surface area (Å²) in [5.41, 5.74) is 4.36. The molecule has 4 heteroatoms. The molecule has 2 aromatic heterocycles. The van der Waals surface area contributed by atoms with Gasteiger partial charge in [-0.3, -0.25) is 0 Å². The minimum atomic E-state index is 0.644. The SMILES string of the molecule is CN1C[C@H](CSc2ccccn2)C[C@@H]2c3cccc4[nH]cc(c34)C[C@H]21. The summed E-state index contributed by atoms with van der Waals surface area (Å²) in [7, 11) is 2.31. The largest absolute Gasteiger partial charge is 0.361 e. The first-order valence-electron chi connectivity index (χ1n) is 9.12. The van der Waals surface area contributed by atoms with Gasteiger partial charge in [0.1, 0.15) is 0 Å². The van der Waals surface area contributed by atoms with Crippen molar-refractivity contribution in [2.45, 2.75) is 29.8 Å². The molecule has 1 N–H and O–H groups in total. The summed E-state index contributed by atoms with van der Waals surface area (Å²) in [6.07, 6.45) is 6.58. The van der Waals surface area contributed by atoms with Gasteiger partial charge in [0.15, 0.2) is 0 Å². The van der Waals surface area contributed by atoms with Crippen LogP contribution in [0.3, 0.4) is 0 Å². The molecule has 1 aliphatic carbocycles. The van der Waals surface area contributed by atoms with E-state index in [1.165, 1.54) is 35.9 Å². The number of aromatic nitrogens is 2. The quantitative estimate of drug-likeness (QED) is 0.715. The van der Waals surface area contributed by atoms with Crippen LogP contribution >= 0.6 is 11.8 Å². The average molecular weight is 350 g/mol. The maximum atomic E-state index is 4.46. The Balaban J connectivity index is 1.40. The van der Waals surface area contributed by atoms with Gasteiger partial charge in [0, 0.05) is 47.6 Å². The molecule has 0 unspecified atom stereocenters. The van der Waals surface area contributed by atoms with Gasteiger partial charge in [0.2, 0.25) is 0 Å². The lowest BCUT2D eigenvalue weighted by Gasteiger charge is -2.45. The van der Waals surface area contributed by atoms with E-state index in [1.807, 2.05) is 24.0 Å². The number of likely N-dealkylation sites (N-methyl/N-ethyl adjacent to an activating group) is 1. The van der Waals surface area contributed by atoms with Gasteiger partial charge in [-0.15, -0.1) is 11.8 Å². The number of rotatable bonds is 3. The molecule has 3 nitrogen and oxygen atoms in total. The molecular formula is C21H23N3S. The van der Waals surface area contributed by atoms with Crippen LogP contribution < -0.4 is 0 Å². The number of hydrogen-bond acceptors (Lipinski definition) is 3. The Morgan fingerprint density at radius 2 is 2.20 bits per heavy atom. The number of aromatic amines is 1. The molecule has 128 valence electrons. The summed E-state index contributed by atoms with van der Waals surface area (Å²) in [5.74, 6) is 2.52. The van der Waals surface area contributed by atoms with E-state index in [-0.39, 0.29) is 0 Å². The number of nitrogens with one attached hydrogen (secondary N) is 1. The molecule has 3 aromatic rings. The van der Waals surface area contributed by atoms with Crippen LogP contribution in [0.25, 0.3) is 10.9 Å². The van der Waals surface area contributed by atoms with Gasteiger partial charge in [-0.2, -0.15) is 0 Å². The maximum absolute atomic E-state index is 4.46. The third-order valence-corrected chi connectivity index (χ3v) is 7.09. The predicted molar refractivity (Wildman–Crippen MR) is 104 cm³/mol. The molecule has 0 saturated carbocycles. The predicted octanol–water partition coefficient (Wildman–Crippen LogP) is 4.32. The molecule has 25 heavy (non-hydrogen) atoms. The van der Waals surface area contributed by atoms with Crippen molar-refractivity contribution in [1.82, 2.24) is 14.9 Å². The van der Waals surface area contributed by atoms with Crippen LogP contribution in [0.1, 0.15) is 23.5 Å². The van der Waals surface area contributed by atoms with Crippen molar-refractivity contribution in [3.8, 4) is 0 Å². The van der Waals surface area contributed by atoms with Crippen molar-refractivity contribution in [3.05, 3.63) is 59.9 Å². The lowest BCUT2D eigenvalue weighted by Crippen LogP contribution is -2.48. The van der Waals surface area contributed by atoms with Crippen molar-refractivity contribution < 1.29 is 0 Å². The molecule has 5 rings (SSSR count). The number of benzene rings is 1.